The van der Waals surface area contributed by atoms with Gasteiger partial charge in [-0.25, -0.2) is 9.97 Å². The van der Waals surface area contributed by atoms with Crippen LogP contribution in [-0.4, -0.2) is 57.4 Å². The second-order valence-corrected chi connectivity index (χ2v) is 7.82. The Bertz CT molecular complexity index is 1100. The molecule has 3 aromatic rings. The fourth-order valence-electron chi connectivity index (χ4n) is 3.85. The van der Waals surface area contributed by atoms with Crippen LogP contribution in [-0.2, 0) is 4.79 Å². The molecular formula is C23H26N6O2. The van der Waals surface area contributed by atoms with Crippen LogP contribution < -0.4 is 10.2 Å². The zero-order valence-corrected chi connectivity index (χ0v) is 18.0. The summed E-state index contributed by atoms with van der Waals surface area (Å²) < 4.78 is 1.71. The van der Waals surface area contributed by atoms with E-state index in [4.69, 9.17) is 0 Å². The average molecular weight is 419 g/mol. The first-order chi connectivity index (χ1) is 14.9. The molecule has 3 heterocycles. The highest BCUT2D eigenvalue weighted by atomic mass is 16.2. The summed E-state index contributed by atoms with van der Waals surface area (Å²) in [6.45, 7) is 8.57. The summed E-state index contributed by atoms with van der Waals surface area (Å²) in [5.41, 5.74) is 4.76. The Morgan fingerprint density at radius 3 is 2.42 bits per heavy atom. The highest BCUT2D eigenvalue weighted by Gasteiger charge is 2.24. The Hall–Kier alpha value is -3.68. The molecule has 1 N–H and O–H groups in total. The second kappa shape index (κ2) is 8.59. The smallest absolute Gasteiger partial charge is 0.274 e. The van der Waals surface area contributed by atoms with E-state index >= 15 is 0 Å². The summed E-state index contributed by atoms with van der Waals surface area (Å²) >= 11 is 0. The number of carbonyl (C=O) groups is 2. The number of benzene rings is 1. The van der Waals surface area contributed by atoms with Gasteiger partial charge in [-0.05, 0) is 37.6 Å². The molecule has 31 heavy (non-hydrogen) atoms. The van der Waals surface area contributed by atoms with Crippen LogP contribution >= 0.6 is 0 Å². The molecule has 1 saturated heterocycles. The SMILES string of the molecule is CC(=O)Nc1ccc(-n2cnc(C(=O)N3CCN(c4ccc(C)cc4C)CC3)c2)nc1. The van der Waals surface area contributed by atoms with E-state index in [0.717, 1.165) is 13.1 Å². The summed E-state index contributed by atoms with van der Waals surface area (Å²) in [7, 11) is 0. The lowest BCUT2D eigenvalue weighted by atomic mass is 10.1. The van der Waals surface area contributed by atoms with Crippen molar-refractivity contribution in [3.63, 3.8) is 0 Å². The molecule has 160 valence electrons. The predicted octanol–water partition coefficient (Wildman–Crippen LogP) is 2.80. The summed E-state index contributed by atoms with van der Waals surface area (Å²) in [4.78, 5) is 36.9. The number of hydrogen-bond donors (Lipinski definition) is 1. The van der Waals surface area contributed by atoms with Crippen LogP contribution in [0.1, 0.15) is 28.5 Å². The van der Waals surface area contributed by atoms with Crippen molar-refractivity contribution in [3.05, 3.63) is 65.9 Å². The Labute approximate surface area is 181 Å². The number of aromatic nitrogens is 3. The van der Waals surface area contributed by atoms with Gasteiger partial charge < -0.3 is 15.1 Å². The molecule has 1 aromatic carbocycles. The van der Waals surface area contributed by atoms with Gasteiger partial charge in [0.1, 0.15) is 17.8 Å². The zero-order chi connectivity index (χ0) is 22.0. The molecule has 2 amide bonds. The molecule has 1 aliphatic heterocycles. The van der Waals surface area contributed by atoms with Crippen molar-refractivity contribution >= 4 is 23.2 Å². The van der Waals surface area contributed by atoms with Gasteiger partial charge in [-0.1, -0.05) is 17.7 Å². The molecule has 0 unspecified atom stereocenters. The van der Waals surface area contributed by atoms with Crippen LogP contribution in [0.3, 0.4) is 0 Å². The van der Waals surface area contributed by atoms with E-state index in [2.05, 4.69) is 52.2 Å². The molecule has 1 aliphatic rings. The van der Waals surface area contributed by atoms with Crippen LogP contribution in [0.2, 0.25) is 0 Å². The van der Waals surface area contributed by atoms with E-state index < -0.39 is 0 Å². The number of hydrogen-bond acceptors (Lipinski definition) is 5. The van der Waals surface area contributed by atoms with Crippen molar-refractivity contribution in [2.24, 2.45) is 0 Å². The van der Waals surface area contributed by atoms with Crippen LogP contribution in [0.5, 0.6) is 0 Å². The van der Waals surface area contributed by atoms with E-state index in [-0.39, 0.29) is 11.8 Å². The van der Waals surface area contributed by atoms with Gasteiger partial charge in [-0.3, -0.25) is 14.2 Å². The summed E-state index contributed by atoms with van der Waals surface area (Å²) in [5, 5.41) is 2.68. The fourth-order valence-corrected chi connectivity index (χ4v) is 3.85. The standard InChI is InChI=1S/C23H26N6O2/c1-16-4-6-21(17(2)12-16)27-8-10-28(11-9-27)23(31)20-14-29(15-25-20)22-7-5-19(13-24-22)26-18(3)30/h4-7,12-15H,8-11H2,1-3H3,(H,26,30). The van der Waals surface area contributed by atoms with Gasteiger partial charge in [0, 0.05) is 45.0 Å². The third-order valence-corrected chi connectivity index (χ3v) is 5.39. The molecular weight excluding hydrogens is 392 g/mol. The second-order valence-electron chi connectivity index (χ2n) is 7.82. The monoisotopic (exact) mass is 418 g/mol. The molecule has 2 aromatic heterocycles. The molecule has 0 saturated carbocycles. The van der Waals surface area contributed by atoms with Crippen LogP contribution in [0.15, 0.2) is 49.1 Å². The van der Waals surface area contributed by atoms with Gasteiger partial charge in [-0.2, -0.15) is 0 Å². The summed E-state index contributed by atoms with van der Waals surface area (Å²) in [6.07, 6.45) is 4.85. The van der Waals surface area contributed by atoms with Crippen molar-refractivity contribution in [1.82, 2.24) is 19.4 Å². The van der Waals surface area contributed by atoms with Gasteiger partial charge in [0.2, 0.25) is 5.91 Å². The molecule has 0 bridgehead atoms. The van der Waals surface area contributed by atoms with Gasteiger partial charge in [-0.15, -0.1) is 0 Å². The number of carbonyl (C=O) groups excluding carboxylic acids is 2. The molecule has 8 heteroatoms. The number of nitrogens with zero attached hydrogens (tertiary/aromatic N) is 5. The molecule has 1 fully saturated rings. The molecule has 4 rings (SSSR count). The van der Waals surface area contributed by atoms with E-state index in [1.54, 1.807) is 35.4 Å². The van der Waals surface area contributed by atoms with Crippen molar-refractivity contribution < 1.29 is 9.59 Å². The minimum atomic E-state index is -0.150. The number of amides is 2. The van der Waals surface area contributed by atoms with E-state index in [9.17, 15) is 9.59 Å². The van der Waals surface area contributed by atoms with Gasteiger partial charge in [0.25, 0.3) is 5.91 Å². The maximum absolute atomic E-state index is 12.9. The minimum absolute atomic E-state index is 0.0751. The number of aryl methyl sites for hydroxylation is 2. The summed E-state index contributed by atoms with van der Waals surface area (Å²) in [6, 6.07) is 10.0. The minimum Gasteiger partial charge on any atom is -0.368 e. The Kier molecular flexibility index (Phi) is 5.70. The van der Waals surface area contributed by atoms with Crippen molar-refractivity contribution in [3.8, 4) is 5.82 Å². The molecule has 8 nitrogen and oxygen atoms in total. The van der Waals surface area contributed by atoms with Crippen molar-refractivity contribution in [1.29, 1.82) is 0 Å². The van der Waals surface area contributed by atoms with Crippen molar-refractivity contribution in [2.45, 2.75) is 20.8 Å². The van der Waals surface area contributed by atoms with Gasteiger partial charge in [0.05, 0.1) is 11.9 Å². The van der Waals surface area contributed by atoms with E-state index in [1.807, 2.05) is 4.90 Å². The number of nitrogens with one attached hydrogen (secondary N) is 1. The molecule has 0 aliphatic carbocycles. The topological polar surface area (TPSA) is 83.4 Å². The lowest BCUT2D eigenvalue weighted by Crippen LogP contribution is -2.49. The molecule has 0 atom stereocenters. The first-order valence-corrected chi connectivity index (χ1v) is 10.3. The first kappa shape index (κ1) is 20.6. The third kappa shape index (κ3) is 4.58. The van der Waals surface area contributed by atoms with Crippen LogP contribution in [0, 0.1) is 13.8 Å². The summed E-state index contributed by atoms with van der Waals surface area (Å²) in [5.74, 6) is 0.400. The van der Waals surface area contributed by atoms with E-state index in [0.29, 0.717) is 30.3 Å². The molecule has 0 radical (unpaired) electrons. The Morgan fingerprint density at radius 2 is 1.77 bits per heavy atom. The number of imidazole rings is 1. The largest absolute Gasteiger partial charge is 0.368 e. The van der Waals surface area contributed by atoms with Gasteiger partial charge >= 0.3 is 0 Å². The normalized spacial score (nSPS) is 13.9. The van der Waals surface area contributed by atoms with E-state index in [1.165, 1.54) is 23.7 Å². The number of rotatable bonds is 4. The highest BCUT2D eigenvalue weighted by Crippen LogP contribution is 2.23. The fraction of sp³-hybridized carbons (Fsp3) is 0.304. The average Bonchev–Trinajstić information content (AvgIpc) is 3.24. The quantitative estimate of drug-likeness (QED) is 0.704. The van der Waals surface area contributed by atoms with Gasteiger partial charge in [0.15, 0.2) is 0 Å². The predicted molar refractivity (Wildman–Crippen MR) is 120 cm³/mol. The van der Waals surface area contributed by atoms with Crippen LogP contribution in [0.4, 0.5) is 11.4 Å². The van der Waals surface area contributed by atoms with Crippen molar-refractivity contribution in [2.75, 3.05) is 36.4 Å². The Morgan fingerprint density at radius 1 is 1.00 bits per heavy atom. The lowest BCUT2D eigenvalue weighted by molar-refractivity contribution is -0.114. The number of anilines is 2. The maximum atomic E-state index is 12.9. The highest BCUT2D eigenvalue weighted by molar-refractivity contribution is 5.92. The lowest BCUT2D eigenvalue weighted by Gasteiger charge is -2.36. The third-order valence-electron chi connectivity index (χ3n) is 5.39. The number of piperazine rings is 1. The number of pyridine rings is 1. The van der Waals surface area contributed by atoms with Crippen LogP contribution in [0.25, 0.3) is 5.82 Å². The first-order valence-electron chi connectivity index (χ1n) is 10.3. The Balaban J connectivity index is 1.40. The maximum Gasteiger partial charge on any atom is 0.274 e. The zero-order valence-electron chi connectivity index (χ0n) is 18.0. The molecule has 0 spiro atoms.